The van der Waals surface area contributed by atoms with Gasteiger partial charge in [-0.25, -0.2) is 4.39 Å². The zero-order valence-electron chi connectivity index (χ0n) is 27.1. The van der Waals surface area contributed by atoms with Crippen LogP contribution in [-0.2, 0) is 22.7 Å². The number of aromatic nitrogens is 3. The number of likely N-dealkylation sites (tertiary alicyclic amines) is 1. The van der Waals surface area contributed by atoms with E-state index in [0.29, 0.717) is 22.5 Å². The van der Waals surface area contributed by atoms with Crippen molar-refractivity contribution < 1.29 is 14.0 Å². The molecule has 12 heteroatoms. The highest BCUT2D eigenvalue weighted by molar-refractivity contribution is 6.36. The SMILES string of the molecule is CCC(=O)C(=O)NCc1cc(F)cc(-c2nccc3c2NC=C(C2=C4NC4Nc4cnc(-c5cncc(CN6CCCCC6)c5)cc42)N3)c1. The predicted octanol–water partition coefficient (Wildman–Crippen LogP) is 5.37. The van der Waals surface area contributed by atoms with E-state index < -0.39 is 17.5 Å². The fraction of sp³-hybridized carbons (Fsp3) is 0.270. The predicted molar refractivity (Wildman–Crippen MR) is 186 cm³/mol. The second-order valence-electron chi connectivity index (χ2n) is 12.8. The summed E-state index contributed by atoms with van der Waals surface area (Å²) < 4.78 is 14.8. The van der Waals surface area contributed by atoms with E-state index in [-0.39, 0.29) is 19.1 Å². The molecule has 0 saturated carbocycles. The minimum atomic E-state index is -0.685. The van der Waals surface area contributed by atoms with Gasteiger partial charge in [0.2, 0.25) is 5.78 Å². The van der Waals surface area contributed by atoms with Crippen molar-refractivity contribution in [1.82, 2.24) is 30.5 Å². The topological polar surface area (TPSA) is 146 Å². The van der Waals surface area contributed by atoms with E-state index in [2.05, 4.69) is 53.6 Å². The number of anilines is 3. The molecule has 0 radical (unpaired) electrons. The highest BCUT2D eigenvalue weighted by Gasteiger charge is 2.40. The standard InChI is InChI=1S/C37H36FN9O2/c1-2-31(48)37(49)43-16-21-10-23(13-25(38)12-21)33-34-27(6-7-40-33)44-30(19-42-34)32-26-14-28(41-18-29(26)45-36-35(32)46-36)24-11-22(15-39-17-24)20-47-8-4-3-5-9-47/h6-7,10-15,17-19,36,42,44-46H,2-5,8-9,16,20H2,1H3,(H,43,49). The number of carbonyl (C=O) groups is 2. The number of amides is 1. The Hall–Kier alpha value is -5.62. The quantitative estimate of drug-likeness (QED) is 0.118. The number of benzene rings is 1. The van der Waals surface area contributed by atoms with Crippen LogP contribution in [0.15, 0.2) is 78.8 Å². The number of hydrogen-bond donors (Lipinski definition) is 5. The minimum Gasteiger partial charge on any atom is -0.360 e. The minimum absolute atomic E-state index is 0.0221. The third-order valence-corrected chi connectivity index (χ3v) is 9.30. The van der Waals surface area contributed by atoms with Gasteiger partial charge in [0.25, 0.3) is 5.91 Å². The summed E-state index contributed by atoms with van der Waals surface area (Å²) in [7, 11) is 0. The maximum atomic E-state index is 14.8. The number of carbonyl (C=O) groups excluding carboxylic acids is 2. The number of hydrogen-bond acceptors (Lipinski definition) is 10. The zero-order chi connectivity index (χ0) is 33.5. The van der Waals surface area contributed by atoms with Crippen molar-refractivity contribution in [3.05, 3.63) is 101 Å². The first-order chi connectivity index (χ1) is 23.9. The number of piperidine rings is 1. The van der Waals surface area contributed by atoms with Crippen LogP contribution in [0.5, 0.6) is 0 Å². The van der Waals surface area contributed by atoms with Gasteiger partial charge < -0.3 is 26.6 Å². The van der Waals surface area contributed by atoms with E-state index in [0.717, 1.165) is 64.8 Å². The molecule has 4 aromatic rings. The van der Waals surface area contributed by atoms with Crippen LogP contribution in [0.2, 0.25) is 0 Å². The van der Waals surface area contributed by atoms with Crippen molar-refractivity contribution in [2.75, 3.05) is 29.0 Å². The number of nitrogens with zero attached hydrogens (tertiary/aromatic N) is 4. The van der Waals surface area contributed by atoms with Crippen LogP contribution in [0.1, 0.15) is 49.3 Å². The van der Waals surface area contributed by atoms with Crippen molar-refractivity contribution in [1.29, 1.82) is 0 Å². The van der Waals surface area contributed by atoms with Gasteiger partial charge in [0.15, 0.2) is 0 Å². The maximum absolute atomic E-state index is 14.8. The first kappa shape index (κ1) is 30.7. The van der Waals surface area contributed by atoms with Gasteiger partial charge >= 0.3 is 0 Å². The molecule has 11 nitrogen and oxygen atoms in total. The van der Waals surface area contributed by atoms with E-state index in [1.165, 1.54) is 37.0 Å². The number of halogens is 1. The molecule has 8 rings (SSSR count). The van der Waals surface area contributed by atoms with E-state index in [1.54, 1.807) is 19.2 Å². The normalized spacial score (nSPS) is 17.6. The molecule has 49 heavy (non-hydrogen) atoms. The lowest BCUT2D eigenvalue weighted by atomic mass is 9.95. The van der Waals surface area contributed by atoms with Crippen LogP contribution >= 0.6 is 0 Å². The fourth-order valence-corrected chi connectivity index (χ4v) is 6.78. The Morgan fingerprint density at radius 3 is 2.67 bits per heavy atom. The van der Waals surface area contributed by atoms with Crippen molar-refractivity contribution in [2.45, 2.75) is 51.9 Å². The van der Waals surface area contributed by atoms with Gasteiger partial charge in [-0.3, -0.25) is 29.4 Å². The summed E-state index contributed by atoms with van der Waals surface area (Å²) in [6.45, 7) is 4.78. The summed E-state index contributed by atoms with van der Waals surface area (Å²) in [5.41, 5.74) is 11.0. The number of rotatable bonds is 9. The molecule has 1 amide bonds. The van der Waals surface area contributed by atoms with Crippen LogP contribution < -0.4 is 26.6 Å². The number of fused-ring (bicyclic) bond motifs is 3. The van der Waals surface area contributed by atoms with Crippen LogP contribution in [-0.4, -0.2) is 50.8 Å². The highest BCUT2D eigenvalue weighted by Crippen LogP contribution is 2.45. The van der Waals surface area contributed by atoms with Gasteiger partial charge in [-0.15, -0.1) is 0 Å². The van der Waals surface area contributed by atoms with Gasteiger partial charge in [0.05, 0.1) is 46.0 Å². The molecular weight excluding hydrogens is 621 g/mol. The summed E-state index contributed by atoms with van der Waals surface area (Å²) in [5.74, 6) is -1.67. The summed E-state index contributed by atoms with van der Waals surface area (Å²) in [5, 5.41) is 16.5. The first-order valence-corrected chi connectivity index (χ1v) is 16.7. The molecule has 1 unspecified atom stereocenters. The van der Waals surface area contributed by atoms with Crippen molar-refractivity contribution in [2.24, 2.45) is 0 Å². The highest BCUT2D eigenvalue weighted by atomic mass is 19.1. The Kier molecular flexibility index (Phi) is 8.00. The summed E-state index contributed by atoms with van der Waals surface area (Å²) >= 11 is 0. The van der Waals surface area contributed by atoms with Gasteiger partial charge in [-0.05, 0) is 73.5 Å². The molecule has 2 fully saturated rings. The van der Waals surface area contributed by atoms with Crippen LogP contribution in [0.4, 0.5) is 21.5 Å². The molecule has 248 valence electrons. The van der Waals surface area contributed by atoms with Crippen LogP contribution in [0, 0.1) is 5.82 Å². The molecule has 1 aromatic carbocycles. The Bertz CT molecular complexity index is 2050. The Morgan fingerprint density at radius 1 is 0.959 bits per heavy atom. The van der Waals surface area contributed by atoms with Gasteiger partial charge in [0.1, 0.15) is 12.0 Å². The largest absolute Gasteiger partial charge is 0.360 e. The third-order valence-electron chi connectivity index (χ3n) is 9.30. The van der Waals surface area contributed by atoms with Crippen molar-refractivity contribution in [3.8, 4) is 22.5 Å². The first-order valence-electron chi connectivity index (χ1n) is 16.7. The number of pyridine rings is 3. The maximum Gasteiger partial charge on any atom is 0.287 e. The molecule has 4 aliphatic rings. The Labute approximate surface area is 283 Å². The second kappa shape index (κ2) is 12.8. The number of ketones is 1. The monoisotopic (exact) mass is 657 g/mol. The molecule has 1 atom stereocenters. The van der Waals surface area contributed by atoms with Crippen LogP contribution in [0.25, 0.3) is 28.1 Å². The van der Waals surface area contributed by atoms with Crippen LogP contribution in [0.3, 0.4) is 0 Å². The average molecular weight is 658 g/mol. The molecule has 0 spiro atoms. The lowest BCUT2D eigenvalue weighted by Gasteiger charge is -2.26. The summed E-state index contributed by atoms with van der Waals surface area (Å²) in [6, 6.07) is 10.7. The van der Waals surface area contributed by atoms with E-state index >= 15 is 0 Å². The van der Waals surface area contributed by atoms with Gasteiger partial charge in [-0.1, -0.05) is 13.3 Å². The Morgan fingerprint density at radius 2 is 1.82 bits per heavy atom. The molecule has 4 aliphatic heterocycles. The zero-order valence-corrected chi connectivity index (χ0v) is 27.1. The molecule has 0 bridgehead atoms. The summed E-state index contributed by atoms with van der Waals surface area (Å²) in [6.07, 6.45) is 13.2. The molecule has 7 heterocycles. The number of nitrogens with one attached hydrogen (secondary N) is 5. The molecular formula is C37H36FN9O2. The Balaban J connectivity index is 1.06. The van der Waals surface area contributed by atoms with E-state index in [4.69, 9.17) is 4.98 Å². The lowest BCUT2D eigenvalue weighted by Crippen LogP contribution is -2.29. The molecule has 0 aliphatic carbocycles. The number of allylic oxidation sites excluding steroid dienone is 1. The number of Topliss-reactive ketones (excluding diaryl/α,β-unsaturated/α-hetero) is 1. The van der Waals surface area contributed by atoms with E-state index in [1.807, 2.05) is 30.9 Å². The fourth-order valence-electron chi connectivity index (χ4n) is 6.78. The molecule has 5 N–H and O–H groups in total. The second-order valence-corrected chi connectivity index (χ2v) is 12.8. The molecule has 2 saturated heterocycles. The smallest absolute Gasteiger partial charge is 0.287 e. The van der Waals surface area contributed by atoms with Gasteiger partial charge in [0, 0.05) is 66.6 Å². The average Bonchev–Trinajstić information content (AvgIpc) is 3.91. The summed E-state index contributed by atoms with van der Waals surface area (Å²) in [4.78, 5) is 40.2. The van der Waals surface area contributed by atoms with Crippen molar-refractivity contribution >= 4 is 34.3 Å². The lowest BCUT2D eigenvalue weighted by molar-refractivity contribution is -0.137. The third kappa shape index (κ3) is 6.22. The van der Waals surface area contributed by atoms with Crippen molar-refractivity contribution in [3.63, 3.8) is 0 Å². The molecule has 3 aromatic heterocycles. The van der Waals surface area contributed by atoms with Gasteiger partial charge in [-0.2, -0.15) is 0 Å². The van der Waals surface area contributed by atoms with E-state index in [9.17, 15) is 14.0 Å².